The minimum atomic E-state index is -0.421. The number of ether oxygens (including phenoxy) is 1. The highest BCUT2D eigenvalue weighted by Crippen LogP contribution is 2.21. The van der Waals surface area contributed by atoms with Crippen LogP contribution in [0.15, 0.2) is 18.2 Å². The van der Waals surface area contributed by atoms with Crippen molar-refractivity contribution in [3.8, 4) is 5.75 Å². The van der Waals surface area contributed by atoms with Gasteiger partial charge in [0.05, 0.1) is 13.2 Å². The molecule has 0 saturated carbocycles. The third-order valence-electron chi connectivity index (χ3n) is 2.45. The number of rotatable bonds is 5. The van der Waals surface area contributed by atoms with Crippen molar-refractivity contribution in [2.24, 2.45) is 5.73 Å². The zero-order valence-electron chi connectivity index (χ0n) is 9.36. The molecule has 0 saturated heterocycles. The molecule has 0 fully saturated rings. The molecular weight excluding hydrogens is 190 g/mol. The molecule has 3 heteroatoms. The molecule has 15 heavy (non-hydrogen) atoms. The summed E-state index contributed by atoms with van der Waals surface area (Å²) in [5.41, 5.74) is 7.69. The van der Waals surface area contributed by atoms with Crippen molar-refractivity contribution in [2.45, 2.75) is 25.9 Å². The average Bonchev–Trinajstić information content (AvgIpc) is 2.26. The van der Waals surface area contributed by atoms with Gasteiger partial charge in [-0.25, -0.2) is 0 Å². The number of nitrogens with two attached hydrogens (primary N) is 1. The molecule has 1 unspecified atom stereocenters. The van der Waals surface area contributed by atoms with Crippen LogP contribution in [0.25, 0.3) is 0 Å². The Morgan fingerprint density at radius 2 is 2.20 bits per heavy atom. The van der Waals surface area contributed by atoms with Gasteiger partial charge in [-0.1, -0.05) is 17.7 Å². The summed E-state index contributed by atoms with van der Waals surface area (Å²) in [6.45, 7) is 2.36. The smallest absolute Gasteiger partial charge is 0.122 e. The molecule has 3 N–H and O–H groups in total. The standard InChI is InChI=1S/C12H19NO2/c1-9-3-6-12(15-2)10(7-9)4-5-11(14)8-13/h3,6-7,11,14H,4-5,8,13H2,1-2H3. The molecular formula is C12H19NO2. The van der Waals surface area contributed by atoms with Gasteiger partial charge < -0.3 is 15.6 Å². The van der Waals surface area contributed by atoms with Gasteiger partial charge in [0.25, 0.3) is 0 Å². The lowest BCUT2D eigenvalue weighted by molar-refractivity contribution is 0.173. The zero-order valence-corrected chi connectivity index (χ0v) is 9.36. The third kappa shape index (κ3) is 3.53. The van der Waals surface area contributed by atoms with E-state index in [0.717, 1.165) is 17.7 Å². The molecule has 1 aromatic rings. The van der Waals surface area contributed by atoms with Crippen molar-refractivity contribution >= 4 is 0 Å². The summed E-state index contributed by atoms with van der Waals surface area (Å²) < 4.78 is 5.25. The van der Waals surface area contributed by atoms with Crippen LogP contribution in [0.3, 0.4) is 0 Å². The van der Waals surface area contributed by atoms with Crippen molar-refractivity contribution in [1.29, 1.82) is 0 Å². The van der Waals surface area contributed by atoms with Crippen LogP contribution in [0.2, 0.25) is 0 Å². The highest BCUT2D eigenvalue weighted by molar-refractivity contribution is 5.36. The second-order valence-electron chi connectivity index (χ2n) is 3.74. The number of hydrogen-bond donors (Lipinski definition) is 2. The van der Waals surface area contributed by atoms with E-state index in [9.17, 15) is 5.11 Å². The summed E-state index contributed by atoms with van der Waals surface area (Å²) in [5, 5.41) is 9.39. The molecule has 0 bridgehead atoms. The van der Waals surface area contributed by atoms with Crippen molar-refractivity contribution in [3.63, 3.8) is 0 Å². The Kier molecular flexibility index (Phi) is 4.59. The number of aryl methyl sites for hydroxylation is 2. The highest BCUT2D eigenvalue weighted by atomic mass is 16.5. The predicted octanol–water partition coefficient (Wildman–Crippen LogP) is 1.26. The van der Waals surface area contributed by atoms with E-state index in [1.165, 1.54) is 5.56 Å². The highest BCUT2D eigenvalue weighted by Gasteiger charge is 2.06. The second-order valence-corrected chi connectivity index (χ2v) is 3.74. The van der Waals surface area contributed by atoms with Crippen LogP contribution in [0.5, 0.6) is 5.75 Å². The van der Waals surface area contributed by atoms with Gasteiger partial charge in [0.1, 0.15) is 5.75 Å². The van der Waals surface area contributed by atoms with Crippen LogP contribution in [0.4, 0.5) is 0 Å². The maximum Gasteiger partial charge on any atom is 0.122 e. The molecule has 3 nitrogen and oxygen atoms in total. The summed E-state index contributed by atoms with van der Waals surface area (Å²) in [6, 6.07) is 6.06. The quantitative estimate of drug-likeness (QED) is 0.767. The predicted molar refractivity (Wildman–Crippen MR) is 61.1 cm³/mol. The minimum absolute atomic E-state index is 0.314. The first-order valence-corrected chi connectivity index (χ1v) is 5.19. The van der Waals surface area contributed by atoms with E-state index in [1.807, 2.05) is 19.1 Å². The van der Waals surface area contributed by atoms with Gasteiger partial charge in [0.15, 0.2) is 0 Å². The fourth-order valence-electron chi connectivity index (χ4n) is 1.54. The molecule has 0 spiro atoms. The van der Waals surface area contributed by atoms with E-state index in [2.05, 4.69) is 6.07 Å². The zero-order chi connectivity index (χ0) is 11.3. The van der Waals surface area contributed by atoms with E-state index in [-0.39, 0.29) is 0 Å². The summed E-state index contributed by atoms with van der Waals surface area (Å²) in [4.78, 5) is 0. The first-order chi connectivity index (χ1) is 7.17. The minimum Gasteiger partial charge on any atom is -0.496 e. The van der Waals surface area contributed by atoms with Crippen LogP contribution in [0.1, 0.15) is 17.5 Å². The largest absolute Gasteiger partial charge is 0.496 e. The Hall–Kier alpha value is -1.06. The summed E-state index contributed by atoms with van der Waals surface area (Å²) in [7, 11) is 1.66. The van der Waals surface area contributed by atoms with Crippen molar-refractivity contribution in [1.82, 2.24) is 0 Å². The normalized spacial score (nSPS) is 12.5. The van der Waals surface area contributed by atoms with Gasteiger partial charge in [-0.3, -0.25) is 0 Å². The van der Waals surface area contributed by atoms with Gasteiger partial charge in [0.2, 0.25) is 0 Å². The lowest BCUT2D eigenvalue weighted by Crippen LogP contribution is -2.20. The van der Waals surface area contributed by atoms with Crippen molar-refractivity contribution < 1.29 is 9.84 Å². The van der Waals surface area contributed by atoms with Crippen LogP contribution in [-0.2, 0) is 6.42 Å². The van der Waals surface area contributed by atoms with Crippen LogP contribution in [-0.4, -0.2) is 24.9 Å². The monoisotopic (exact) mass is 209 g/mol. The van der Waals surface area contributed by atoms with Crippen LogP contribution >= 0.6 is 0 Å². The Bertz CT molecular complexity index is 312. The maximum absolute atomic E-state index is 9.39. The lowest BCUT2D eigenvalue weighted by Gasteiger charge is -2.11. The van der Waals surface area contributed by atoms with Gasteiger partial charge >= 0.3 is 0 Å². The van der Waals surface area contributed by atoms with Gasteiger partial charge in [-0.05, 0) is 31.4 Å². The van der Waals surface area contributed by atoms with E-state index in [1.54, 1.807) is 7.11 Å². The number of methoxy groups -OCH3 is 1. The fraction of sp³-hybridized carbons (Fsp3) is 0.500. The SMILES string of the molecule is COc1ccc(C)cc1CCC(O)CN. The van der Waals surface area contributed by atoms with Gasteiger partial charge in [-0.2, -0.15) is 0 Å². The number of aliphatic hydroxyl groups is 1. The third-order valence-corrected chi connectivity index (χ3v) is 2.45. The molecule has 1 aromatic carbocycles. The van der Waals surface area contributed by atoms with Gasteiger partial charge in [0, 0.05) is 6.54 Å². The molecule has 1 atom stereocenters. The first kappa shape index (κ1) is 12.0. The van der Waals surface area contributed by atoms with Crippen molar-refractivity contribution in [2.75, 3.05) is 13.7 Å². The summed E-state index contributed by atoms with van der Waals surface area (Å²) in [5.74, 6) is 0.879. The molecule has 0 aliphatic rings. The van der Waals surface area contributed by atoms with Crippen molar-refractivity contribution in [3.05, 3.63) is 29.3 Å². The molecule has 0 aromatic heterocycles. The number of benzene rings is 1. The molecule has 0 aliphatic carbocycles. The molecule has 84 valence electrons. The van der Waals surface area contributed by atoms with E-state index < -0.39 is 6.10 Å². The Morgan fingerprint density at radius 3 is 2.80 bits per heavy atom. The lowest BCUT2D eigenvalue weighted by atomic mass is 10.0. The molecule has 1 rings (SSSR count). The Balaban J connectivity index is 2.69. The summed E-state index contributed by atoms with van der Waals surface area (Å²) in [6.07, 6.45) is 1.05. The van der Waals surface area contributed by atoms with E-state index in [0.29, 0.717) is 13.0 Å². The molecule has 0 radical (unpaired) electrons. The van der Waals surface area contributed by atoms with E-state index >= 15 is 0 Å². The average molecular weight is 209 g/mol. The summed E-state index contributed by atoms with van der Waals surface area (Å²) >= 11 is 0. The Morgan fingerprint density at radius 1 is 1.47 bits per heavy atom. The maximum atomic E-state index is 9.39. The van der Waals surface area contributed by atoms with E-state index in [4.69, 9.17) is 10.5 Å². The molecule has 0 amide bonds. The Labute approximate surface area is 90.9 Å². The van der Waals surface area contributed by atoms with Crippen LogP contribution < -0.4 is 10.5 Å². The second kappa shape index (κ2) is 5.73. The van der Waals surface area contributed by atoms with Gasteiger partial charge in [-0.15, -0.1) is 0 Å². The molecule has 0 aliphatic heterocycles. The molecule has 0 heterocycles. The topological polar surface area (TPSA) is 55.5 Å². The fourth-order valence-corrected chi connectivity index (χ4v) is 1.54. The number of aliphatic hydroxyl groups excluding tert-OH is 1. The van der Waals surface area contributed by atoms with Crippen LogP contribution in [0, 0.1) is 6.92 Å². The first-order valence-electron chi connectivity index (χ1n) is 5.19. The number of hydrogen-bond acceptors (Lipinski definition) is 3.